The van der Waals surface area contributed by atoms with E-state index in [0.29, 0.717) is 17.1 Å². The van der Waals surface area contributed by atoms with E-state index < -0.39 is 5.97 Å². The molecule has 26 heavy (non-hydrogen) atoms. The Morgan fingerprint density at radius 3 is 2.58 bits per heavy atom. The average Bonchev–Trinajstić information content (AvgIpc) is 3.10. The number of rotatable bonds is 5. The van der Waals surface area contributed by atoms with Crippen LogP contribution in [0.15, 0.2) is 64.4 Å². The number of aromatic carboxylic acids is 1. The maximum atomic E-state index is 11.9. The van der Waals surface area contributed by atoms with Crippen LogP contribution in [-0.4, -0.2) is 28.2 Å². The molecule has 0 spiro atoms. The number of hydrazone groups is 1. The molecule has 2 heterocycles. The molecule has 0 bridgehead atoms. The molecule has 0 aliphatic carbocycles. The van der Waals surface area contributed by atoms with Crippen molar-refractivity contribution in [3.05, 3.63) is 77.3 Å². The molecule has 0 saturated carbocycles. The first-order valence-electron chi connectivity index (χ1n) is 7.72. The van der Waals surface area contributed by atoms with Crippen molar-refractivity contribution >= 4 is 18.1 Å². The van der Waals surface area contributed by atoms with Gasteiger partial charge >= 0.3 is 5.97 Å². The fourth-order valence-electron chi connectivity index (χ4n) is 2.36. The summed E-state index contributed by atoms with van der Waals surface area (Å²) >= 11 is 0. The molecule has 1 aromatic carbocycles. The number of carboxylic acid groups (broad SMARTS) is 1. The van der Waals surface area contributed by atoms with Crippen molar-refractivity contribution in [3.63, 3.8) is 0 Å². The molecule has 0 saturated heterocycles. The van der Waals surface area contributed by atoms with Gasteiger partial charge in [-0.2, -0.15) is 5.10 Å². The van der Waals surface area contributed by atoms with Crippen molar-refractivity contribution in [3.8, 4) is 11.3 Å². The number of pyridine rings is 1. The second kappa shape index (κ2) is 7.43. The van der Waals surface area contributed by atoms with Gasteiger partial charge in [-0.05, 0) is 48.9 Å². The summed E-state index contributed by atoms with van der Waals surface area (Å²) in [5, 5.41) is 12.9. The lowest BCUT2D eigenvalue weighted by molar-refractivity contribution is 0.0696. The number of aryl methyl sites for hydroxylation is 1. The highest BCUT2D eigenvalue weighted by Gasteiger charge is 2.10. The zero-order valence-electron chi connectivity index (χ0n) is 13.8. The van der Waals surface area contributed by atoms with Crippen LogP contribution in [0, 0.1) is 6.92 Å². The van der Waals surface area contributed by atoms with E-state index in [1.54, 1.807) is 36.4 Å². The highest BCUT2D eigenvalue weighted by atomic mass is 16.4. The number of hydrogen-bond acceptors (Lipinski definition) is 5. The van der Waals surface area contributed by atoms with Crippen LogP contribution < -0.4 is 5.43 Å². The number of amides is 1. The maximum Gasteiger partial charge on any atom is 0.335 e. The number of furan rings is 1. The molecule has 0 atom stereocenters. The Bertz CT molecular complexity index is 977. The third kappa shape index (κ3) is 3.84. The summed E-state index contributed by atoms with van der Waals surface area (Å²) in [6.45, 7) is 1.81. The Morgan fingerprint density at radius 1 is 1.12 bits per heavy atom. The molecule has 0 radical (unpaired) electrons. The van der Waals surface area contributed by atoms with Gasteiger partial charge in [-0.3, -0.25) is 9.78 Å². The maximum absolute atomic E-state index is 11.9. The monoisotopic (exact) mass is 349 g/mol. The number of carbonyl (C=O) groups is 2. The van der Waals surface area contributed by atoms with E-state index in [1.165, 1.54) is 24.7 Å². The van der Waals surface area contributed by atoms with Gasteiger partial charge in [0.15, 0.2) is 0 Å². The number of benzene rings is 1. The topological polar surface area (TPSA) is 105 Å². The van der Waals surface area contributed by atoms with Crippen LogP contribution in [0.25, 0.3) is 11.3 Å². The Hall–Kier alpha value is -3.74. The van der Waals surface area contributed by atoms with Crippen molar-refractivity contribution in [2.45, 2.75) is 6.92 Å². The molecule has 3 aromatic rings. The molecule has 3 rings (SSSR count). The molecule has 2 aromatic heterocycles. The summed E-state index contributed by atoms with van der Waals surface area (Å²) in [5.74, 6) is -0.287. The van der Waals surface area contributed by atoms with E-state index in [9.17, 15) is 9.59 Å². The van der Waals surface area contributed by atoms with Crippen LogP contribution >= 0.6 is 0 Å². The quantitative estimate of drug-likeness (QED) is 0.544. The fourth-order valence-corrected chi connectivity index (χ4v) is 2.36. The fraction of sp³-hybridized carbons (Fsp3) is 0.0526. The number of hydrogen-bond donors (Lipinski definition) is 2. The second-order valence-corrected chi connectivity index (χ2v) is 5.47. The third-order valence-electron chi connectivity index (χ3n) is 3.67. The Balaban J connectivity index is 1.70. The predicted octanol–water partition coefficient (Wildman–Crippen LogP) is 3.11. The first-order chi connectivity index (χ1) is 12.5. The van der Waals surface area contributed by atoms with E-state index in [4.69, 9.17) is 9.52 Å². The predicted molar refractivity (Wildman–Crippen MR) is 95.1 cm³/mol. The normalized spacial score (nSPS) is 10.8. The van der Waals surface area contributed by atoms with Gasteiger partial charge in [-0.15, -0.1) is 0 Å². The highest BCUT2D eigenvalue weighted by molar-refractivity contribution is 5.94. The van der Waals surface area contributed by atoms with Crippen molar-refractivity contribution in [1.29, 1.82) is 0 Å². The van der Waals surface area contributed by atoms with Gasteiger partial charge < -0.3 is 9.52 Å². The highest BCUT2D eigenvalue weighted by Crippen LogP contribution is 2.26. The summed E-state index contributed by atoms with van der Waals surface area (Å²) < 4.78 is 5.68. The minimum atomic E-state index is -0.975. The van der Waals surface area contributed by atoms with Crippen LogP contribution in [0.5, 0.6) is 0 Å². The molecule has 0 fully saturated rings. The van der Waals surface area contributed by atoms with Gasteiger partial charge in [0.25, 0.3) is 5.91 Å². The van der Waals surface area contributed by atoms with E-state index in [-0.39, 0.29) is 11.5 Å². The lowest BCUT2D eigenvalue weighted by Crippen LogP contribution is -2.17. The lowest BCUT2D eigenvalue weighted by Gasteiger charge is -2.03. The van der Waals surface area contributed by atoms with Crippen molar-refractivity contribution in [2.75, 3.05) is 0 Å². The summed E-state index contributed by atoms with van der Waals surface area (Å²) in [6.07, 6.45) is 4.44. The second-order valence-electron chi connectivity index (χ2n) is 5.47. The average molecular weight is 349 g/mol. The number of nitrogens with one attached hydrogen (secondary N) is 1. The van der Waals surface area contributed by atoms with Crippen molar-refractivity contribution in [1.82, 2.24) is 10.4 Å². The van der Waals surface area contributed by atoms with Gasteiger partial charge in [0.05, 0.1) is 11.8 Å². The molecular weight excluding hydrogens is 334 g/mol. The molecule has 130 valence electrons. The zero-order valence-corrected chi connectivity index (χ0v) is 13.8. The van der Waals surface area contributed by atoms with Crippen LogP contribution in [0.4, 0.5) is 0 Å². The van der Waals surface area contributed by atoms with Crippen molar-refractivity contribution in [2.24, 2.45) is 5.10 Å². The molecular formula is C19H15N3O4. The number of carboxylic acids is 1. The molecule has 1 amide bonds. The van der Waals surface area contributed by atoms with Gasteiger partial charge in [0.2, 0.25) is 0 Å². The molecule has 0 aliphatic heterocycles. The number of nitrogens with zero attached hydrogens (tertiary/aromatic N) is 2. The van der Waals surface area contributed by atoms with Gasteiger partial charge in [0, 0.05) is 23.5 Å². The summed E-state index contributed by atoms with van der Waals surface area (Å²) in [4.78, 5) is 26.7. The Morgan fingerprint density at radius 2 is 1.88 bits per heavy atom. The summed E-state index contributed by atoms with van der Waals surface area (Å²) in [6, 6.07) is 11.4. The van der Waals surface area contributed by atoms with Gasteiger partial charge in [-0.25, -0.2) is 10.2 Å². The minimum absolute atomic E-state index is 0.221. The molecule has 0 unspecified atom stereocenters. The molecule has 7 heteroatoms. The summed E-state index contributed by atoms with van der Waals surface area (Å²) in [7, 11) is 0. The van der Waals surface area contributed by atoms with Crippen LogP contribution in [0.1, 0.15) is 32.0 Å². The van der Waals surface area contributed by atoms with E-state index in [0.717, 1.165) is 11.1 Å². The molecule has 2 N–H and O–H groups in total. The summed E-state index contributed by atoms with van der Waals surface area (Å²) in [5.41, 5.74) is 4.65. The van der Waals surface area contributed by atoms with Gasteiger partial charge in [0.1, 0.15) is 11.5 Å². The van der Waals surface area contributed by atoms with E-state index in [1.807, 2.05) is 6.92 Å². The standard InChI is InChI=1S/C19H15N3O4/c1-12-10-14(19(24)25)2-4-16(12)17-5-3-15(26-17)11-21-22-18(23)13-6-8-20-9-7-13/h2-11H,1H3,(H,22,23)(H,24,25)/b21-11-. The largest absolute Gasteiger partial charge is 0.478 e. The van der Waals surface area contributed by atoms with E-state index in [2.05, 4.69) is 15.5 Å². The SMILES string of the molecule is Cc1cc(C(=O)O)ccc1-c1ccc(/C=N\NC(=O)c2ccncc2)o1. The van der Waals surface area contributed by atoms with Crippen LogP contribution in [0.2, 0.25) is 0 Å². The van der Waals surface area contributed by atoms with Crippen LogP contribution in [-0.2, 0) is 0 Å². The lowest BCUT2D eigenvalue weighted by atomic mass is 10.0. The first-order valence-corrected chi connectivity index (χ1v) is 7.72. The number of aromatic nitrogens is 1. The van der Waals surface area contributed by atoms with Crippen LogP contribution in [0.3, 0.4) is 0 Å². The first kappa shape index (κ1) is 17.1. The van der Waals surface area contributed by atoms with Crippen molar-refractivity contribution < 1.29 is 19.1 Å². The zero-order chi connectivity index (χ0) is 18.5. The number of carbonyl (C=O) groups excluding carboxylic acids is 1. The Labute approximate surface area is 149 Å². The minimum Gasteiger partial charge on any atom is -0.478 e. The van der Waals surface area contributed by atoms with Gasteiger partial charge in [-0.1, -0.05) is 6.07 Å². The molecule has 7 nitrogen and oxygen atoms in total. The Kier molecular flexibility index (Phi) is 4.89. The third-order valence-corrected chi connectivity index (χ3v) is 3.67. The van der Waals surface area contributed by atoms with E-state index >= 15 is 0 Å². The smallest absolute Gasteiger partial charge is 0.335 e. The molecule has 0 aliphatic rings.